The van der Waals surface area contributed by atoms with Crippen LogP contribution in [0.3, 0.4) is 0 Å². The average Bonchev–Trinajstić information content (AvgIpc) is 2.94. The second-order valence-electron chi connectivity index (χ2n) is 4.37. The number of hydrogen-bond donors (Lipinski definition) is 1. The minimum absolute atomic E-state index is 0.0241. The fourth-order valence-corrected chi connectivity index (χ4v) is 1.94. The molecule has 9 heteroatoms. The molecule has 0 aliphatic heterocycles. The molecule has 1 unspecified atom stereocenters. The van der Waals surface area contributed by atoms with Crippen molar-refractivity contribution in [1.82, 2.24) is 9.78 Å². The Morgan fingerprint density at radius 2 is 2.36 bits per heavy atom. The molecule has 0 aliphatic rings. The quantitative estimate of drug-likeness (QED) is 0.640. The van der Waals surface area contributed by atoms with Gasteiger partial charge in [-0.05, 0) is 12.1 Å². The number of nitrogens with zero attached hydrogens (tertiary/aromatic N) is 4. The first-order valence-electron chi connectivity index (χ1n) is 6.17. The van der Waals surface area contributed by atoms with Crippen molar-refractivity contribution in [3.05, 3.63) is 51.3 Å². The van der Waals surface area contributed by atoms with Crippen LogP contribution in [0.5, 0.6) is 5.75 Å². The SMILES string of the molecule is N#Cc1c(Cl)cccc1OCC(O)Cn1cc([N+](=O)[O-])cn1. The summed E-state index contributed by atoms with van der Waals surface area (Å²) in [5.74, 6) is 0.264. The summed E-state index contributed by atoms with van der Waals surface area (Å²) in [5.41, 5.74) is 0.0285. The van der Waals surface area contributed by atoms with E-state index in [4.69, 9.17) is 21.6 Å². The van der Waals surface area contributed by atoms with Gasteiger partial charge in [0.15, 0.2) is 0 Å². The third-order valence-electron chi connectivity index (χ3n) is 2.75. The number of rotatable bonds is 6. The third kappa shape index (κ3) is 3.72. The number of benzene rings is 1. The predicted octanol–water partition coefficient (Wildman–Crippen LogP) is 1.76. The van der Waals surface area contributed by atoms with Crippen molar-refractivity contribution >= 4 is 17.3 Å². The van der Waals surface area contributed by atoms with Gasteiger partial charge in [0.2, 0.25) is 0 Å². The van der Waals surface area contributed by atoms with Crippen LogP contribution in [0.25, 0.3) is 0 Å². The number of aliphatic hydroxyl groups excluding tert-OH is 1. The van der Waals surface area contributed by atoms with Crippen molar-refractivity contribution in [3.63, 3.8) is 0 Å². The van der Waals surface area contributed by atoms with Gasteiger partial charge in [-0.2, -0.15) is 10.4 Å². The maximum absolute atomic E-state index is 10.5. The predicted molar refractivity (Wildman–Crippen MR) is 76.6 cm³/mol. The van der Waals surface area contributed by atoms with Gasteiger partial charge < -0.3 is 9.84 Å². The molecular weight excluding hydrogens is 312 g/mol. The fraction of sp³-hybridized carbons (Fsp3) is 0.231. The summed E-state index contributed by atoms with van der Waals surface area (Å²) in [7, 11) is 0. The molecule has 114 valence electrons. The number of halogens is 1. The highest BCUT2D eigenvalue weighted by molar-refractivity contribution is 6.31. The molecule has 1 atom stereocenters. The highest BCUT2D eigenvalue weighted by Gasteiger charge is 2.14. The lowest BCUT2D eigenvalue weighted by Gasteiger charge is -2.13. The molecule has 1 aromatic carbocycles. The molecule has 1 heterocycles. The van der Waals surface area contributed by atoms with Crippen LogP contribution in [0, 0.1) is 21.4 Å². The van der Waals surface area contributed by atoms with Gasteiger partial charge in [-0.15, -0.1) is 0 Å². The zero-order valence-corrected chi connectivity index (χ0v) is 12.0. The Morgan fingerprint density at radius 3 is 3.00 bits per heavy atom. The minimum Gasteiger partial charge on any atom is -0.489 e. The molecule has 2 rings (SSSR count). The van der Waals surface area contributed by atoms with Crippen LogP contribution in [0.2, 0.25) is 5.02 Å². The molecule has 0 aliphatic carbocycles. The third-order valence-corrected chi connectivity index (χ3v) is 3.06. The molecule has 0 saturated carbocycles. The molecular formula is C13H11ClN4O4. The van der Waals surface area contributed by atoms with Crippen molar-refractivity contribution < 1.29 is 14.8 Å². The van der Waals surface area contributed by atoms with Crippen molar-refractivity contribution in [2.45, 2.75) is 12.6 Å². The Hall–Kier alpha value is -2.63. The summed E-state index contributed by atoms with van der Waals surface area (Å²) in [6.07, 6.45) is 1.35. The average molecular weight is 323 g/mol. The molecule has 8 nitrogen and oxygen atoms in total. The Morgan fingerprint density at radius 1 is 1.59 bits per heavy atom. The number of aromatic nitrogens is 2. The van der Waals surface area contributed by atoms with Gasteiger partial charge in [-0.1, -0.05) is 17.7 Å². The molecule has 0 radical (unpaired) electrons. The maximum Gasteiger partial charge on any atom is 0.306 e. The first kappa shape index (κ1) is 15.8. The van der Waals surface area contributed by atoms with E-state index in [0.29, 0.717) is 0 Å². The fourth-order valence-electron chi connectivity index (χ4n) is 1.73. The van der Waals surface area contributed by atoms with Gasteiger partial charge in [-0.25, -0.2) is 0 Å². The van der Waals surface area contributed by atoms with Crippen molar-refractivity contribution in [2.75, 3.05) is 6.61 Å². The summed E-state index contributed by atoms with van der Waals surface area (Å²) >= 11 is 5.86. The van der Waals surface area contributed by atoms with Crippen LogP contribution < -0.4 is 4.74 Å². The monoisotopic (exact) mass is 322 g/mol. The summed E-state index contributed by atoms with van der Waals surface area (Å²) < 4.78 is 6.61. The van der Waals surface area contributed by atoms with E-state index in [9.17, 15) is 15.2 Å². The molecule has 1 aromatic heterocycles. The Balaban J connectivity index is 1.95. The molecule has 0 fully saturated rings. The van der Waals surface area contributed by atoms with Gasteiger partial charge in [0.05, 0.1) is 16.5 Å². The van der Waals surface area contributed by atoms with E-state index in [2.05, 4.69) is 5.10 Å². The van der Waals surface area contributed by atoms with E-state index in [1.807, 2.05) is 6.07 Å². The first-order valence-corrected chi connectivity index (χ1v) is 6.55. The Kier molecular flexibility index (Phi) is 4.93. The number of ether oxygens (including phenoxy) is 1. The largest absolute Gasteiger partial charge is 0.489 e. The summed E-state index contributed by atoms with van der Waals surface area (Å²) in [6, 6.07) is 6.68. The Bertz CT molecular complexity index is 725. The van der Waals surface area contributed by atoms with Crippen molar-refractivity contribution in [3.8, 4) is 11.8 Å². The van der Waals surface area contributed by atoms with E-state index >= 15 is 0 Å². The van der Waals surface area contributed by atoms with Gasteiger partial charge in [0.1, 0.15) is 42.5 Å². The molecule has 0 amide bonds. The normalized spacial score (nSPS) is 11.7. The zero-order valence-electron chi connectivity index (χ0n) is 11.2. The van der Waals surface area contributed by atoms with E-state index < -0.39 is 11.0 Å². The van der Waals surface area contributed by atoms with Crippen LogP contribution in [-0.2, 0) is 6.54 Å². The summed E-state index contributed by atoms with van der Waals surface area (Å²) in [5, 5.41) is 33.4. The lowest BCUT2D eigenvalue weighted by molar-refractivity contribution is -0.385. The van der Waals surface area contributed by atoms with Gasteiger partial charge >= 0.3 is 5.69 Å². The maximum atomic E-state index is 10.5. The van der Waals surface area contributed by atoms with Crippen LogP contribution in [0.15, 0.2) is 30.6 Å². The van der Waals surface area contributed by atoms with E-state index in [0.717, 1.165) is 6.20 Å². The molecule has 22 heavy (non-hydrogen) atoms. The summed E-state index contributed by atoms with van der Waals surface area (Å²) in [4.78, 5) is 9.96. The van der Waals surface area contributed by atoms with Gasteiger partial charge in [0.25, 0.3) is 0 Å². The highest BCUT2D eigenvalue weighted by Crippen LogP contribution is 2.25. The number of nitro groups is 1. The second kappa shape index (κ2) is 6.89. The minimum atomic E-state index is -0.954. The van der Waals surface area contributed by atoms with Crippen molar-refractivity contribution in [2.24, 2.45) is 0 Å². The smallest absolute Gasteiger partial charge is 0.306 e. The Labute approximate surface area is 130 Å². The standard InChI is InChI=1S/C13H11ClN4O4/c14-12-2-1-3-13(11(12)4-15)22-8-10(19)7-17-6-9(5-16-17)18(20)21/h1-3,5-6,10,19H,7-8H2. The van der Waals surface area contributed by atoms with Crippen LogP contribution in [0.1, 0.15) is 5.56 Å². The molecule has 1 N–H and O–H groups in total. The number of aliphatic hydroxyl groups is 1. The topological polar surface area (TPSA) is 114 Å². The van der Waals surface area contributed by atoms with Crippen LogP contribution in [0.4, 0.5) is 5.69 Å². The van der Waals surface area contributed by atoms with Crippen LogP contribution >= 0.6 is 11.6 Å². The summed E-state index contributed by atoms with van der Waals surface area (Å²) in [6.45, 7) is -0.0844. The lowest BCUT2D eigenvalue weighted by atomic mass is 10.2. The number of hydrogen-bond acceptors (Lipinski definition) is 6. The van der Waals surface area contributed by atoms with Gasteiger partial charge in [-0.3, -0.25) is 14.8 Å². The molecule has 2 aromatic rings. The molecule has 0 saturated heterocycles. The van der Waals surface area contributed by atoms with Crippen LogP contribution in [-0.4, -0.2) is 32.5 Å². The number of nitriles is 1. The molecule has 0 spiro atoms. The van der Waals surface area contributed by atoms with E-state index in [-0.39, 0.29) is 35.2 Å². The van der Waals surface area contributed by atoms with Gasteiger partial charge in [0, 0.05) is 0 Å². The van der Waals surface area contributed by atoms with Crippen molar-refractivity contribution in [1.29, 1.82) is 5.26 Å². The van der Waals surface area contributed by atoms with E-state index in [1.165, 1.54) is 10.9 Å². The molecule has 0 bridgehead atoms. The van der Waals surface area contributed by atoms with E-state index in [1.54, 1.807) is 18.2 Å². The second-order valence-corrected chi connectivity index (χ2v) is 4.77. The lowest BCUT2D eigenvalue weighted by Crippen LogP contribution is -2.24. The first-order chi connectivity index (χ1) is 10.5. The zero-order chi connectivity index (χ0) is 16.1. The highest BCUT2D eigenvalue weighted by atomic mass is 35.5.